The van der Waals surface area contributed by atoms with Gasteiger partial charge in [0.05, 0.1) is 16.7 Å². The first-order valence-corrected chi connectivity index (χ1v) is 6.45. The van der Waals surface area contributed by atoms with Crippen LogP contribution in [0, 0.1) is 5.82 Å². The second kappa shape index (κ2) is 4.83. The zero-order chi connectivity index (χ0) is 16.0. The number of imide groups is 2. The summed E-state index contributed by atoms with van der Waals surface area (Å²) in [5.74, 6) is -4.14. The summed E-state index contributed by atoms with van der Waals surface area (Å²) in [5, 5.41) is 2.04. The number of nitrogens with one attached hydrogen (secondary N) is 1. The summed E-state index contributed by atoms with van der Waals surface area (Å²) >= 11 is 0. The van der Waals surface area contributed by atoms with E-state index in [1.54, 1.807) is 0 Å². The van der Waals surface area contributed by atoms with E-state index in [9.17, 15) is 28.4 Å². The van der Waals surface area contributed by atoms with E-state index in [0.717, 1.165) is 6.07 Å². The fourth-order valence-electron chi connectivity index (χ4n) is 2.62. The molecule has 1 saturated heterocycles. The maximum Gasteiger partial charge on any atom is 0.265 e. The molecule has 0 bridgehead atoms. The molecule has 0 radical (unpaired) electrons. The second-order valence-electron chi connectivity index (χ2n) is 4.96. The van der Waals surface area contributed by atoms with E-state index < -0.39 is 41.1 Å². The van der Waals surface area contributed by atoms with E-state index in [1.165, 1.54) is 6.07 Å². The van der Waals surface area contributed by atoms with E-state index in [0.29, 0.717) is 4.90 Å². The molecule has 1 N–H and O–H groups in total. The van der Waals surface area contributed by atoms with Crippen LogP contribution in [0.2, 0.25) is 0 Å². The number of amides is 4. The Balaban J connectivity index is 2.04. The Morgan fingerprint density at radius 2 is 1.91 bits per heavy atom. The molecule has 0 spiro atoms. The van der Waals surface area contributed by atoms with Gasteiger partial charge in [0.25, 0.3) is 11.8 Å². The zero-order valence-corrected chi connectivity index (χ0v) is 11.1. The Bertz CT molecular complexity index is 758. The number of benzene rings is 1. The van der Waals surface area contributed by atoms with Crippen LogP contribution in [0.4, 0.5) is 4.39 Å². The van der Waals surface area contributed by atoms with Crippen LogP contribution in [0.15, 0.2) is 12.1 Å². The highest BCUT2D eigenvalue weighted by Gasteiger charge is 2.46. The van der Waals surface area contributed by atoms with Crippen molar-refractivity contribution in [2.75, 3.05) is 0 Å². The van der Waals surface area contributed by atoms with Crippen molar-refractivity contribution in [3.63, 3.8) is 0 Å². The minimum absolute atomic E-state index is 0.0156. The van der Waals surface area contributed by atoms with Gasteiger partial charge in [-0.1, -0.05) is 0 Å². The number of halogens is 1. The van der Waals surface area contributed by atoms with Crippen molar-refractivity contribution in [2.24, 2.45) is 0 Å². The molecule has 112 valence electrons. The zero-order valence-electron chi connectivity index (χ0n) is 11.1. The number of carbonyl (C=O) groups excluding carboxylic acids is 5. The molecule has 0 aromatic heterocycles. The van der Waals surface area contributed by atoms with Gasteiger partial charge in [-0.25, -0.2) is 4.39 Å². The van der Waals surface area contributed by atoms with Gasteiger partial charge in [0.15, 0.2) is 6.29 Å². The quantitative estimate of drug-likeness (QED) is 0.614. The number of fused-ring (bicyclic) bond motifs is 1. The second-order valence-corrected chi connectivity index (χ2v) is 4.96. The lowest BCUT2D eigenvalue weighted by atomic mass is 10.0. The summed E-state index contributed by atoms with van der Waals surface area (Å²) in [4.78, 5) is 58.9. The smallest absolute Gasteiger partial charge is 0.265 e. The summed E-state index contributed by atoms with van der Waals surface area (Å²) in [7, 11) is 0. The van der Waals surface area contributed by atoms with Crippen molar-refractivity contribution < 1.29 is 28.4 Å². The Kier molecular flexibility index (Phi) is 3.09. The van der Waals surface area contributed by atoms with Crippen LogP contribution >= 0.6 is 0 Å². The number of nitrogens with zero attached hydrogens (tertiary/aromatic N) is 1. The van der Waals surface area contributed by atoms with Crippen molar-refractivity contribution >= 4 is 29.9 Å². The molecule has 8 heteroatoms. The standard InChI is InChI=1S/C14H9FN2O5/c15-11-6(5-18)1-2-7-10(11)14(22)17(13(7)21)8-3-4-9(19)16-12(8)20/h1-2,5,8H,3-4H2,(H,16,19,20). The summed E-state index contributed by atoms with van der Waals surface area (Å²) in [5.41, 5.74) is -1.05. The topological polar surface area (TPSA) is 101 Å². The lowest BCUT2D eigenvalue weighted by molar-refractivity contribution is -0.136. The third-order valence-corrected chi connectivity index (χ3v) is 3.70. The number of hydrogen-bond donors (Lipinski definition) is 1. The van der Waals surface area contributed by atoms with Gasteiger partial charge in [-0.15, -0.1) is 0 Å². The highest BCUT2D eigenvalue weighted by Crippen LogP contribution is 2.30. The molecule has 2 aliphatic heterocycles. The van der Waals surface area contributed by atoms with Crippen molar-refractivity contribution in [1.82, 2.24) is 10.2 Å². The molecular weight excluding hydrogens is 295 g/mol. The predicted octanol–water partition coefficient (Wildman–Crippen LogP) is 0.0394. The fraction of sp³-hybridized carbons (Fsp3) is 0.214. The van der Waals surface area contributed by atoms with Gasteiger partial charge in [0.1, 0.15) is 11.9 Å². The third kappa shape index (κ3) is 1.84. The van der Waals surface area contributed by atoms with Gasteiger partial charge in [0, 0.05) is 6.42 Å². The first kappa shape index (κ1) is 14.1. The average Bonchev–Trinajstić information content (AvgIpc) is 2.73. The number of rotatable bonds is 2. The van der Waals surface area contributed by atoms with Crippen LogP contribution in [0.25, 0.3) is 0 Å². The van der Waals surface area contributed by atoms with Crippen molar-refractivity contribution in [2.45, 2.75) is 18.9 Å². The van der Waals surface area contributed by atoms with E-state index in [-0.39, 0.29) is 30.3 Å². The molecule has 0 saturated carbocycles. The molecule has 1 unspecified atom stereocenters. The lowest BCUT2D eigenvalue weighted by Crippen LogP contribution is -2.54. The molecule has 1 fully saturated rings. The first-order valence-electron chi connectivity index (χ1n) is 6.45. The molecule has 2 aliphatic rings. The van der Waals surface area contributed by atoms with Crippen LogP contribution < -0.4 is 5.32 Å². The van der Waals surface area contributed by atoms with Crippen molar-refractivity contribution in [1.29, 1.82) is 0 Å². The molecule has 1 atom stereocenters. The molecule has 1 aromatic rings. The van der Waals surface area contributed by atoms with E-state index >= 15 is 0 Å². The van der Waals surface area contributed by atoms with Crippen LogP contribution in [-0.2, 0) is 9.59 Å². The minimum Gasteiger partial charge on any atom is -0.298 e. The highest BCUT2D eigenvalue weighted by atomic mass is 19.1. The highest BCUT2D eigenvalue weighted by molar-refractivity contribution is 6.23. The Morgan fingerprint density at radius 3 is 2.55 bits per heavy atom. The monoisotopic (exact) mass is 304 g/mol. The van der Waals surface area contributed by atoms with Crippen LogP contribution in [0.3, 0.4) is 0 Å². The summed E-state index contributed by atoms with van der Waals surface area (Å²) < 4.78 is 14.1. The molecule has 7 nitrogen and oxygen atoms in total. The van der Waals surface area contributed by atoms with Crippen LogP contribution in [-0.4, -0.2) is 40.9 Å². The maximum absolute atomic E-state index is 14.1. The summed E-state index contributed by atoms with van der Waals surface area (Å²) in [6.07, 6.45) is 0.201. The van der Waals surface area contributed by atoms with Crippen LogP contribution in [0.1, 0.15) is 43.9 Å². The van der Waals surface area contributed by atoms with Gasteiger partial charge in [0.2, 0.25) is 11.8 Å². The Labute approximate surface area is 123 Å². The number of piperidine rings is 1. The lowest BCUT2D eigenvalue weighted by Gasteiger charge is -2.27. The molecule has 3 rings (SSSR count). The Morgan fingerprint density at radius 1 is 1.18 bits per heavy atom. The van der Waals surface area contributed by atoms with E-state index in [4.69, 9.17) is 0 Å². The van der Waals surface area contributed by atoms with E-state index in [2.05, 4.69) is 0 Å². The Hall–Kier alpha value is -2.90. The van der Waals surface area contributed by atoms with Gasteiger partial charge in [-0.2, -0.15) is 0 Å². The molecular formula is C14H9FN2O5. The normalized spacial score (nSPS) is 21.0. The first-order chi connectivity index (χ1) is 10.5. The number of aldehydes is 1. The molecule has 1 aromatic carbocycles. The van der Waals surface area contributed by atoms with Gasteiger partial charge in [-0.3, -0.25) is 34.2 Å². The molecule has 2 heterocycles. The van der Waals surface area contributed by atoms with E-state index in [1.807, 2.05) is 5.32 Å². The maximum atomic E-state index is 14.1. The summed E-state index contributed by atoms with van der Waals surface area (Å²) in [6.45, 7) is 0. The third-order valence-electron chi connectivity index (χ3n) is 3.70. The fourth-order valence-corrected chi connectivity index (χ4v) is 2.62. The summed E-state index contributed by atoms with van der Waals surface area (Å²) in [6, 6.07) is 1.11. The number of hydrogen-bond acceptors (Lipinski definition) is 5. The molecule has 22 heavy (non-hydrogen) atoms. The van der Waals surface area contributed by atoms with Crippen LogP contribution in [0.5, 0.6) is 0 Å². The van der Waals surface area contributed by atoms with Crippen molar-refractivity contribution in [3.05, 3.63) is 34.6 Å². The van der Waals surface area contributed by atoms with Crippen molar-refractivity contribution in [3.8, 4) is 0 Å². The average molecular weight is 304 g/mol. The van der Waals surface area contributed by atoms with Gasteiger partial charge < -0.3 is 0 Å². The van der Waals surface area contributed by atoms with Gasteiger partial charge >= 0.3 is 0 Å². The van der Waals surface area contributed by atoms with Gasteiger partial charge in [-0.05, 0) is 18.6 Å². The number of carbonyl (C=O) groups is 5. The SMILES string of the molecule is O=Cc1ccc2c(c1F)C(=O)N(C1CCC(=O)NC1=O)C2=O. The molecule has 4 amide bonds. The largest absolute Gasteiger partial charge is 0.298 e. The minimum atomic E-state index is -1.16. The predicted molar refractivity (Wildman–Crippen MR) is 68.5 cm³/mol. The molecule has 0 aliphatic carbocycles.